The maximum absolute atomic E-state index is 12.9. The highest BCUT2D eigenvalue weighted by atomic mass is 16.2. The first-order valence-corrected chi connectivity index (χ1v) is 13.1. The van der Waals surface area contributed by atoms with E-state index in [4.69, 9.17) is 5.26 Å². The molecule has 186 valence electrons. The standard InChI is InChI=1S/C29H34N6O/c1-20-5-7-22(8-6-20)26-16-23(9-10-27(26)34-29(36)28-32-18-25(17-30)33-28)21-11-14-35(15-12-21)19-24-4-2-3-13-31-24/h2-4,7,9-10,13,16,20-21,25H,5-6,8,11-12,14-15,18-19H2,1H3,(H,32,33)(H,34,36). The topological polar surface area (TPSA) is 93.4 Å². The minimum Gasteiger partial charge on any atom is -0.362 e. The van der Waals surface area contributed by atoms with Gasteiger partial charge in [0.2, 0.25) is 0 Å². The van der Waals surface area contributed by atoms with E-state index in [9.17, 15) is 4.79 Å². The second-order valence-corrected chi connectivity index (χ2v) is 10.2. The second kappa shape index (κ2) is 11.0. The van der Waals surface area contributed by atoms with Crippen LogP contribution in [0.3, 0.4) is 0 Å². The van der Waals surface area contributed by atoms with E-state index in [0.717, 1.165) is 68.7 Å². The van der Waals surface area contributed by atoms with Crippen molar-refractivity contribution in [3.63, 3.8) is 0 Å². The average Bonchev–Trinajstić information content (AvgIpc) is 3.40. The lowest BCUT2D eigenvalue weighted by Gasteiger charge is -2.32. The first-order chi connectivity index (χ1) is 17.6. The molecule has 1 aromatic carbocycles. The molecule has 36 heavy (non-hydrogen) atoms. The number of nitriles is 1. The van der Waals surface area contributed by atoms with Crippen LogP contribution in [0.5, 0.6) is 0 Å². The first-order valence-electron chi connectivity index (χ1n) is 13.1. The summed E-state index contributed by atoms with van der Waals surface area (Å²) in [6.45, 7) is 5.69. The van der Waals surface area contributed by atoms with Crippen LogP contribution >= 0.6 is 0 Å². The third-order valence-corrected chi connectivity index (χ3v) is 7.59. The van der Waals surface area contributed by atoms with Crippen LogP contribution in [0.1, 0.15) is 61.8 Å². The Hall–Kier alpha value is -3.50. The molecule has 0 radical (unpaired) electrons. The number of carbonyl (C=O) groups excluding carboxylic acids is 1. The number of pyridine rings is 1. The molecule has 1 aromatic heterocycles. The predicted octanol–water partition coefficient (Wildman–Crippen LogP) is 4.50. The molecule has 0 saturated carbocycles. The number of hydrogen-bond donors (Lipinski definition) is 2. The Bertz CT molecular complexity index is 1190. The van der Waals surface area contributed by atoms with Crippen molar-refractivity contribution in [3.8, 4) is 6.07 Å². The molecule has 1 aliphatic carbocycles. The molecule has 2 aliphatic heterocycles. The minimum atomic E-state index is -0.501. The molecule has 2 aromatic rings. The molecule has 1 fully saturated rings. The zero-order chi connectivity index (χ0) is 24.9. The molecule has 0 spiro atoms. The summed E-state index contributed by atoms with van der Waals surface area (Å²) in [5.74, 6) is 1.16. The smallest absolute Gasteiger partial charge is 0.290 e. The highest BCUT2D eigenvalue weighted by Crippen LogP contribution is 2.37. The van der Waals surface area contributed by atoms with Gasteiger partial charge >= 0.3 is 0 Å². The maximum atomic E-state index is 12.9. The summed E-state index contributed by atoms with van der Waals surface area (Å²) >= 11 is 0. The van der Waals surface area contributed by atoms with E-state index in [1.54, 1.807) is 0 Å². The van der Waals surface area contributed by atoms with Crippen molar-refractivity contribution in [2.75, 3.05) is 25.0 Å². The van der Waals surface area contributed by atoms with Gasteiger partial charge in [0.25, 0.3) is 5.91 Å². The lowest BCUT2D eigenvalue weighted by Crippen LogP contribution is -2.33. The van der Waals surface area contributed by atoms with Crippen molar-refractivity contribution in [2.24, 2.45) is 10.9 Å². The normalized spacial score (nSPS) is 22.8. The summed E-state index contributed by atoms with van der Waals surface area (Å²) in [5.41, 5.74) is 5.73. The molecular formula is C29H34N6O. The molecule has 2 atom stereocenters. The lowest BCUT2D eigenvalue weighted by atomic mass is 9.83. The van der Waals surface area contributed by atoms with Gasteiger partial charge in [0.05, 0.1) is 18.3 Å². The number of nitrogens with one attached hydrogen (secondary N) is 2. The van der Waals surface area contributed by atoms with Gasteiger partial charge in [-0.2, -0.15) is 5.26 Å². The lowest BCUT2D eigenvalue weighted by molar-refractivity contribution is -0.110. The highest BCUT2D eigenvalue weighted by molar-refractivity contribution is 6.42. The van der Waals surface area contributed by atoms with E-state index in [0.29, 0.717) is 18.4 Å². The van der Waals surface area contributed by atoms with Gasteiger partial charge in [-0.3, -0.25) is 14.7 Å². The van der Waals surface area contributed by atoms with E-state index >= 15 is 0 Å². The van der Waals surface area contributed by atoms with Crippen LogP contribution in [0.15, 0.2) is 53.7 Å². The fourth-order valence-corrected chi connectivity index (χ4v) is 5.38. The molecule has 7 nitrogen and oxygen atoms in total. The van der Waals surface area contributed by atoms with Gasteiger partial charge in [0.15, 0.2) is 11.9 Å². The molecule has 2 unspecified atom stereocenters. The van der Waals surface area contributed by atoms with Crippen LogP contribution in [-0.4, -0.2) is 47.3 Å². The van der Waals surface area contributed by atoms with Crippen LogP contribution in [0.4, 0.5) is 5.69 Å². The monoisotopic (exact) mass is 482 g/mol. The number of carbonyl (C=O) groups is 1. The summed E-state index contributed by atoms with van der Waals surface area (Å²) in [5, 5.41) is 15.1. The maximum Gasteiger partial charge on any atom is 0.290 e. The third kappa shape index (κ3) is 5.66. The van der Waals surface area contributed by atoms with Crippen molar-refractivity contribution in [1.29, 1.82) is 5.26 Å². The number of amidine groups is 1. The number of nitrogens with zero attached hydrogens (tertiary/aromatic N) is 4. The van der Waals surface area contributed by atoms with Gasteiger partial charge in [0, 0.05) is 24.0 Å². The number of amides is 1. The van der Waals surface area contributed by atoms with Crippen molar-refractivity contribution in [2.45, 2.75) is 57.5 Å². The largest absolute Gasteiger partial charge is 0.362 e. The van der Waals surface area contributed by atoms with Gasteiger partial charge < -0.3 is 10.6 Å². The molecule has 3 heterocycles. The van der Waals surface area contributed by atoms with Crippen molar-refractivity contribution >= 4 is 23.0 Å². The number of aromatic nitrogens is 1. The highest BCUT2D eigenvalue weighted by Gasteiger charge is 2.25. The molecule has 5 rings (SSSR count). The van der Waals surface area contributed by atoms with Crippen molar-refractivity contribution in [1.82, 2.24) is 15.2 Å². The Morgan fingerprint density at radius 2 is 2.08 bits per heavy atom. The molecule has 1 amide bonds. The second-order valence-electron chi connectivity index (χ2n) is 10.2. The predicted molar refractivity (Wildman–Crippen MR) is 142 cm³/mol. The Balaban J connectivity index is 1.32. The Morgan fingerprint density at radius 3 is 2.78 bits per heavy atom. The number of benzene rings is 1. The van der Waals surface area contributed by atoms with Gasteiger partial charge in [-0.15, -0.1) is 0 Å². The molecule has 3 aliphatic rings. The summed E-state index contributed by atoms with van der Waals surface area (Å²) in [4.78, 5) is 24.1. The SMILES string of the molecule is CC1CC=C(c2cc(C3CCN(Cc4ccccn4)CC3)ccc2NC(=O)C2=NC(C#N)CN2)CC1. The van der Waals surface area contributed by atoms with Crippen molar-refractivity contribution in [3.05, 3.63) is 65.5 Å². The zero-order valence-electron chi connectivity index (χ0n) is 20.9. The fourth-order valence-electron chi connectivity index (χ4n) is 5.38. The summed E-state index contributed by atoms with van der Waals surface area (Å²) < 4.78 is 0. The number of rotatable bonds is 6. The summed E-state index contributed by atoms with van der Waals surface area (Å²) in [6, 6.07) is 14.2. The van der Waals surface area contributed by atoms with E-state index in [-0.39, 0.29) is 11.7 Å². The number of allylic oxidation sites excluding steroid dienone is 2. The van der Waals surface area contributed by atoms with Crippen LogP contribution in [-0.2, 0) is 11.3 Å². The van der Waals surface area contributed by atoms with Gasteiger partial charge in [-0.05, 0) is 92.4 Å². The van der Waals surface area contributed by atoms with Gasteiger partial charge in [-0.1, -0.05) is 25.1 Å². The van der Waals surface area contributed by atoms with Crippen LogP contribution in [0.25, 0.3) is 5.57 Å². The first kappa shape index (κ1) is 24.2. The number of anilines is 1. The zero-order valence-corrected chi connectivity index (χ0v) is 20.9. The summed E-state index contributed by atoms with van der Waals surface area (Å²) in [7, 11) is 0. The number of likely N-dealkylation sites (tertiary alicyclic amines) is 1. The van der Waals surface area contributed by atoms with Crippen LogP contribution < -0.4 is 10.6 Å². The Labute approximate surface area is 213 Å². The number of piperidine rings is 1. The van der Waals surface area contributed by atoms with Crippen LogP contribution in [0, 0.1) is 17.2 Å². The average molecular weight is 483 g/mol. The Morgan fingerprint density at radius 1 is 1.22 bits per heavy atom. The fraction of sp³-hybridized carbons (Fsp3) is 0.448. The number of aliphatic imine (C=N–C) groups is 1. The molecule has 1 saturated heterocycles. The van der Waals surface area contributed by atoms with E-state index in [1.165, 1.54) is 11.1 Å². The van der Waals surface area contributed by atoms with Crippen LogP contribution in [0.2, 0.25) is 0 Å². The van der Waals surface area contributed by atoms with E-state index < -0.39 is 6.04 Å². The van der Waals surface area contributed by atoms with E-state index in [1.807, 2.05) is 12.3 Å². The summed E-state index contributed by atoms with van der Waals surface area (Å²) in [6.07, 6.45) is 9.68. The number of hydrogen-bond acceptors (Lipinski definition) is 6. The quantitative estimate of drug-likeness (QED) is 0.632. The molecule has 2 N–H and O–H groups in total. The molecule has 7 heteroatoms. The third-order valence-electron chi connectivity index (χ3n) is 7.59. The minimum absolute atomic E-state index is 0.239. The van der Waals surface area contributed by atoms with Crippen molar-refractivity contribution < 1.29 is 4.79 Å². The van der Waals surface area contributed by atoms with E-state index in [2.05, 4.69) is 74.9 Å². The molecular weight excluding hydrogens is 448 g/mol. The Kier molecular flexibility index (Phi) is 7.43. The van der Waals surface area contributed by atoms with Gasteiger partial charge in [-0.25, -0.2) is 4.99 Å². The molecule has 0 bridgehead atoms. The van der Waals surface area contributed by atoms with Gasteiger partial charge in [0.1, 0.15) is 0 Å².